The van der Waals surface area contributed by atoms with E-state index >= 15 is 0 Å². The summed E-state index contributed by atoms with van der Waals surface area (Å²) in [6.07, 6.45) is 14.4. The molecule has 1 aliphatic rings. The molecule has 3 atom stereocenters. The highest BCUT2D eigenvalue weighted by atomic mass is 16.5. The molecule has 0 aliphatic heterocycles. The van der Waals surface area contributed by atoms with E-state index in [9.17, 15) is 4.79 Å². The zero-order chi connectivity index (χ0) is 21.9. The minimum atomic E-state index is -0.0349. The van der Waals surface area contributed by atoms with E-state index in [0.29, 0.717) is 11.3 Å². The van der Waals surface area contributed by atoms with Crippen molar-refractivity contribution >= 4 is 5.78 Å². The number of hydrogen-bond acceptors (Lipinski definition) is 3. The van der Waals surface area contributed by atoms with Gasteiger partial charge in [0, 0.05) is 0 Å². The van der Waals surface area contributed by atoms with Gasteiger partial charge in [0.25, 0.3) is 0 Å². The van der Waals surface area contributed by atoms with Gasteiger partial charge in [-0.25, -0.2) is 0 Å². The molecular weight excluding hydrogens is 372 g/mol. The summed E-state index contributed by atoms with van der Waals surface area (Å²) in [4.78, 5) is 13.0. The molecule has 0 aromatic heterocycles. The zero-order valence-electron chi connectivity index (χ0n) is 19.3. The Labute approximate surface area is 182 Å². The summed E-state index contributed by atoms with van der Waals surface area (Å²) in [6, 6.07) is 7.51. The van der Waals surface area contributed by atoms with Crippen LogP contribution in [0.2, 0.25) is 0 Å². The maximum atomic E-state index is 13.0. The summed E-state index contributed by atoms with van der Waals surface area (Å²) in [5, 5.41) is 0. The standard InChI is InChI=1S/C27H38O3/c1-6-11-20(4)29-26-18-15-22(8-3)19-23(26)16-17-25(28)24-13-9-10-14-27(24)30-21(5)12-7-2/h9-10,13-14,16-21,23H,6-8,11-12,15H2,1-5H3/b17-16+. The molecule has 0 fully saturated rings. The molecule has 30 heavy (non-hydrogen) atoms. The lowest BCUT2D eigenvalue weighted by Gasteiger charge is -2.24. The molecule has 0 bridgehead atoms. The first-order chi connectivity index (χ1) is 14.5. The second-order valence-corrected chi connectivity index (χ2v) is 8.17. The monoisotopic (exact) mass is 410 g/mol. The van der Waals surface area contributed by atoms with E-state index in [0.717, 1.165) is 44.3 Å². The van der Waals surface area contributed by atoms with Crippen molar-refractivity contribution in [2.75, 3.05) is 0 Å². The quantitative estimate of drug-likeness (QED) is 0.204. The van der Waals surface area contributed by atoms with E-state index in [1.165, 1.54) is 5.57 Å². The Morgan fingerprint density at radius 2 is 1.73 bits per heavy atom. The summed E-state index contributed by atoms with van der Waals surface area (Å²) < 4.78 is 12.2. The fourth-order valence-electron chi connectivity index (χ4n) is 3.74. The maximum Gasteiger partial charge on any atom is 0.189 e. The molecule has 3 heteroatoms. The molecule has 1 aliphatic carbocycles. The second kappa shape index (κ2) is 12.4. The van der Waals surface area contributed by atoms with Crippen molar-refractivity contribution in [1.82, 2.24) is 0 Å². The first kappa shape index (κ1) is 24.0. The van der Waals surface area contributed by atoms with Crippen molar-refractivity contribution in [3.63, 3.8) is 0 Å². The SMILES string of the molecule is CCCC(C)OC1=CCC(CC)=CC1/C=C/C(=O)c1ccccc1OC(C)CCC. The molecule has 1 aromatic rings. The largest absolute Gasteiger partial charge is 0.494 e. The van der Waals surface area contributed by atoms with Crippen LogP contribution in [0.15, 0.2) is 59.9 Å². The van der Waals surface area contributed by atoms with Crippen molar-refractivity contribution in [2.24, 2.45) is 5.92 Å². The van der Waals surface area contributed by atoms with Crippen LogP contribution in [0.1, 0.15) is 83.5 Å². The van der Waals surface area contributed by atoms with Crippen LogP contribution >= 0.6 is 0 Å². The van der Waals surface area contributed by atoms with Gasteiger partial charge < -0.3 is 9.47 Å². The Morgan fingerprint density at radius 1 is 1.07 bits per heavy atom. The van der Waals surface area contributed by atoms with Crippen molar-refractivity contribution in [3.8, 4) is 5.75 Å². The third kappa shape index (κ3) is 7.19. The maximum absolute atomic E-state index is 13.0. The van der Waals surface area contributed by atoms with Crippen molar-refractivity contribution < 1.29 is 14.3 Å². The summed E-state index contributed by atoms with van der Waals surface area (Å²) in [5.74, 6) is 1.58. The molecule has 0 spiro atoms. The highest BCUT2D eigenvalue weighted by molar-refractivity contribution is 6.06. The molecule has 0 radical (unpaired) electrons. The molecule has 0 N–H and O–H groups in total. The van der Waals surface area contributed by atoms with E-state index in [1.54, 1.807) is 6.08 Å². The lowest BCUT2D eigenvalue weighted by molar-refractivity contribution is 0.103. The van der Waals surface area contributed by atoms with Gasteiger partial charge in [-0.2, -0.15) is 0 Å². The molecule has 2 rings (SSSR count). The Balaban J connectivity index is 2.17. The van der Waals surface area contributed by atoms with E-state index in [4.69, 9.17) is 9.47 Å². The van der Waals surface area contributed by atoms with Gasteiger partial charge in [-0.3, -0.25) is 4.79 Å². The lowest BCUT2D eigenvalue weighted by Crippen LogP contribution is -2.15. The fourth-order valence-corrected chi connectivity index (χ4v) is 3.74. The van der Waals surface area contributed by atoms with Gasteiger partial charge >= 0.3 is 0 Å². The Hall–Kier alpha value is -2.29. The normalized spacial score (nSPS) is 18.5. The Morgan fingerprint density at radius 3 is 2.40 bits per heavy atom. The van der Waals surface area contributed by atoms with Crippen LogP contribution in [0.4, 0.5) is 0 Å². The van der Waals surface area contributed by atoms with Gasteiger partial charge in [0.15, 0.2) is 5.78 Å². The van der Waals surface area contributed by atoms with Crippen LogP contribution in [-0.2, 0) is 4.74 Å². The van der Waals surface area contributed by atoms with E-state index in [1.807, 2.05) is 37.3 Å². The number of ether oxygens (including phenoxy) is 2. The molecule has 0 heterocycles. The van der Waals surface area contributed by atoms with Crippen LogP contribution < -0.4 is 4.74 Å². The number of carbonyl (C=O) groups is 1. The summed E-state index contributed by atoms with van der Waals surface area (Å²) >= 11 is 0. The summed E-state index contributed by atoms with van der Waals surface area (Å²) in [6.45, 7) is 10.6. The van der Waals surface area contributed by atoms with E-state index in [-0.39, 0.29) is 23.9 Å². The fraction of sp³-hybridized carbons (Fsp3) is 0.519. The predicted molar refractivity (Wildman–Crippen MR) is 125 cm³/mol. The van der Waals surface area contributed by atoms with Gasteiger partial charge in [-0.15, -0.1) is 0 Å². The Kier molecular flexibility index (Phi) is 9.93. The van der Waals surface area contributed by atoms with Crippen LogP contribution in [0.5, 0.6) is 5.75 Å². The number of rotatable bonds is 12. The second-order valence-electron chi connectivity index (χ2n) is 8.17. The molecule has 3 unspecified atom stereocenters. The van der Waals surface area contributed by atoms with Crippen LogP contribution in [0, 0.1) is 5.92 Å². The van der Waals surface area contributed by atoms with Gasteiger partial charge in [0.05, 0.1) is 23.7 Å². The highest BCUT2D eigenvalue weighted by Crippen LogP contribution is 2.29. The molecule has 3 nitrogen and oxygen atoms in total. The van der Waals surface area contributed by atoms with Crippen molar-refractivity contribution in [1.29, 1.82) is 0 Å². The molecule has 164 valence electrons. The summed E-state index contributed by atoms with van der Waals surface area (Å²) in [5.41, 5.74) is 1.99. The minimum Gasteiger partial charge on any atom is -0.494 e. The number of benzene rings is 1. The number of carbonyl (C=O) groups excluding carboxylic acids is 1. The lowest BCUT2D eigenvalue weighted by atomic mass is 9.92. The van der Waals surface area contributed by atoms with Crippen LogP contribution in [0.3, 0.4) is 0 Å². The van der Waals surface area contributed by atoms with Crippen LogP contribution in [0.25, 0.3) is 0 Å². The average molecular weight is 411 g/mol. The van der Waals surface area contributed by atoms with Gasteiger partial charge in [0.2, 0.25) is 0 Å². The highest BCUT2D eigenvalue weighted by Gasteiger charge is 2.19. The molecule has 0 saturated carbocycles. The minimum absolute atomic E-state index is 0.00375. The van der Waals surface area contributed by atoms with Gasteiger partial charge in [0.1, 0.15) is 11.5 Å². The third-order valence-electron chi connectivity index (χ3n) is 5.43. The van der Waals surface area contributed by atoms with E-state index < -0.39 is 0 Å². The van der Waals surface area contributed by atoms with Gasteiger partial charge in [-0.1, -0.05) is 63.5 Å². The molecular formula is C27H38O3. The summed E-state index contributed by atoms with van der Waals surface area (Å²) in [7, 11) is 0. The zero-order valence-corrected chi connectivity index (χ0v) is 19.3. The molecule has 1 aromatic carbocycles. The number of para-hydroxylation sites is 1. The van der Waals surface area contributed by atoms with Crippen molar-refractivity contribution in [2.45, 2.75) is 85.4 Å². The van der Waals surface area contributed by atoms with Crippen LogP contribution in [-0.4, -0.2) is 18.0 Å². The average Bonchev–Trinajstić information content (AvgIpc) is 2.73. The molecule has 0 amide bonds. The Bertz CT molecular complexity index is 772. The first-order valence-electron chi connectivity index (χ1n) is 11.5. The topological polar surface area (TPSA) is 35.5 Å². The number of hydrogen-bond donors (Lipinski definition) is 0. The molecule has 0 saturated heterocycles. The smallest absolute Gasteiger partial charge is 0.189 e. The first-order valence-corrected chi connectivity index (χ1v) is 11.5. The third-order valence-corrected chi connectivity index (χ3v) is 5.43. The predicted octanol–water partition coefficient (Wildman–Crippen LogP) is 7.44. The van der Waals surface area contributed by atoms with Gasteiger partial charge in [-0.05, 0) is 63.8 Å². The number of ketones is 1. The van der Waals surface area contributed by atoms with Crippen molar-refractivity contribution in [3.05, 3.63) is 65.5 Å². The van der Waals surface area contributed by atoms with E-state index in [2.05, 4.69) is 39.8 Å². The number of allylic oxidation sites excluding steroid dienone is 4.